The van der Waals surface area contributed by atoms with Crippen LogP contribution in [0.2, 0.25) is 0 Å². The molecule has 0 amide bonds. The van der Waals surface area contributed by atoms with Gasteiger partial charge in [-0.15, -0.1) is 0 Å². The van der Waals surface area contributed by atoms with E-state index < -0.39 is 0 Å². The van der Waals surface area contributed by atoms with E-state index in [0.29, 0.717) is 23.5 Å². The van der Waals surface area contributed by atoms with Crippen molar-refractivity contribution >= 4 is 11.5 Å². The Morgan fingerprint density at radius 3 is 2.80 bits per heavy atom. The first-order valence-electron chi connectivity index (χ1n) is 6.29. The monoisotopic (exact) mass is 270 g/mol. The number of nitrogens with zero attached hydrogens (tertiary/aromatic N) is 3. The Balaban J connectivity index is 2.38. The normalized spacial score (nSPS) is 15.3. The van der Waals surface area contributed by atoms with Gasteiger partial charge in [0, 0.05) is 22.8 Å². The number of aromatic nitrogens is 2. The molecule has 0 spiro atoms. The van der Waals surface area contributed by atoms with Crippen LogP contribution in [-0.4, -0.2) is 14.9 Å². The second-order valence-corrected chi connectivity index (χ2v) is 5.60. The van der Waals surface area contributed by atoms with Crippen LogP contribution in [0, 0.1) is 10.1 Å². The van der Waals surface area contributed by atoms with Crippen molar-refractivity contribution in [3.05, 3.63) is 45.8 Å². The van der Waals surface area contributed by atoms with Crippen molar-refractivity contribution in [3.8, 4) is 11.3 Å². The highest BCUT2D eigenvalue weighted by Gasteiger charge is 2.37. The zero-order valence-electron chi connectivity index (χ0n) is 11.3. The van der Waals surface area contributed by atoms with Crippen LogP contribution in [0.3, 0.4) is 0 Å². The maximum absolute atomic E-state index is 11.2. The molecule has 6 nitrogen and oxygen atoms in total. The molecule has 1 aromatic carbocycles. The lowest BCUT2D eigenvalue weighted by atomic mass is 9.71. The van der Waals surface area contributed by atoms with E-state index in [1.54, 1.807) is 6.07 Å². The minimum Gasteiger partial charge on any atom is -0.383 e. The summed E-state index contributed by atoms with van der Waals surface area (Å²) in [6.45, 7) is 4.01. The molecule has 1 aromatic heterocycles. The van der Waals surface area contributed by atoms with Crippen LogP contribution in [-0.2, 0) is 11.8 Å². The van der Waals surface area contributed by atoms with Gasteiger partial charge in [-0.2, -0.15) is 0 Å². The van der Waals surface area contributed by atoms with Crippen molar-refractivity contribution < 1.29 is 4.92 Å². The largest absolute Gasteiger partial charge is 0.383 e. The first kappa shape index (κ1) is 12.5. The number of anilines is 1. The average Bonchev–Trinajstić information content (AvgIpc) is 2.37. The molecule has 0 atom stereocenters. The predicted molar refractivity (Wildman–Crippen MR) is 75.3 cm³/mol. The van der Waals surface area contributed by atoms with E-state index in [-0.39, 0.29) is 16.0 Å². The third kappa shape index (κ3) is 1.65. The number of nitrogens with two attached hydrogens (primary N) is 1. The molecule has 0 unspecified atom stereocenters. The quantitative estimate of drug-likeness (QED) is 0.634. The lowest BCUT2D eigenvalue weighted by molar-refractivity contribution is -0.385. The zero-order chi connectivity index (χ0) is 14.5. The van der Waals surface area contributed by atoms with E-state index in [1.807, 2.05) is 19.9 Å². The van der Waals surface area contributed by atoms with E-state index in [0.717, 1.165) is 11.1 Å². The number of hydrogen-bond acceptors (Lipinski definition) is 5. The van der Waals surface area contributed by atoms with Gasteiger partial charge in [0.25, 0.3) is 5.69 Å². The molecular formula is C14H14N4O2. The number of nitro groups is 1. The maximum atomic E-state index is 11.2. The van der Waals surface area contributed by atoms with Crippen molar-refractivity contribution in [2.24, 2.45) is 0 Å². The molecule has 0 radical (unpaired) electrons. The summed E-state index contributed by atoms with van der Waals surface area (Å²) in [5.41, 5.74) is 8.86. The molecule has 102 valence electrons. The van der Waals surface area contributed by atoms with Crippen molar-refractivity contribution in [1.82, 2.24) is 9.97 Å². The molecule has 0 aliphatic heterocycles. The summed E-state index contributed by atoms with van der Waals surface area (Å²) in [6, 6.07) is 5.06. The number of benzene rings is 1. The maximum Gasteiger partial charge on any atom is 0.273 e. The highest BCUT2D eigenvalue weighted by Crippen LogP contribution is 2.46. The lowest BCUT2D eigenvalue weighted by Gasteiger charge is -2.33. The van der Waals surface area contributed by atoms with Crippen LogP contribution >= 0.6 is 0 Å². The van der Waals surface area contributed by atoms with Crippen LogP contribution < -0.4 is 5.73 Å². The van der Waals surface area contributed by atoms with Crippen molar-refractivity contribution in [2.75, 3.05) is 5.73 Å². The van der Waals surface area contributed by atoms with Gasteiger partial charge in [0.05, 0.1) is 10.6 Å². The number of fused-ring (bicyclic) bond motifs is 3. The van der Waals surface area contributed by atoms with E-state index in [1.165, 1.54) is 12.4 Å². The number of nitro benzene ring substituents is 1. The molecule has 1 aliphatic rings. The third-order valence-electron chi connectivity index (χ3n) is 3.78. The highest BCUT2D eigenvalue weighted by molar-refractivity contribution is 5.78. The summed E-state index contributed by atoms with van der Waals surface area (Å²) in [7, 11) is 0. The zero-order valence-corrected chi connectivity index (χ0v) is 11.3. The average molecular weight is 270 g/mol. The van der Waals surface area contributed by atoms with Gasteiger partial charge in [0.1, 0.15) is 12.1 Å². The summed E-state index contributed by atoms with van der Waals surface area (Å²) in [6.07, 6.45) is 1.95. The molecule has 3 rings (SSSR count). The smallest absolute Gasteiger partial charge is 0.273 e. The topological polar surface area (TPSA) is 94.9 Å². The summed E-state index contributed by atoms with van der Waals surface area (Å²) >= 11 is 0. The summed E-state index contributed by atoms with van der Waals surface area (Å²) in [4.78, 5) is 19.2. The number of rotatable bonds is 1. The van der Waals surface area contributed by atoms with Crippen LogP contribution in [0.1, 0.15) is 25.0 Å². The van der Waals surface area contributed by atoms with Crippen molar-refractivity contribution in [2.45, 2.75) is 25.7 Å². The van der Waals surface area contributed by atoms with Crippen LogP contribution in [0.4, 0.5) is 11.5 Å². The number of hydrogen-bond donors (Lipinski definition) is 1. The Kier molecular flexibility index (Phi) is 2.50. The van der Waals surface area contributed by atoms with E-state index in [9.17, 15) is 10.1 Å². The Hall–Kier alpha value is -2.50. The molecule has 0 saturated heterocycles. The van der Waals surface area contributed by atoms with E-state index >= 15 is 0 Å². The van der Waals surface area contributed by atoms with Crippen LogP contribution in [0.25, 0.3) is 11.3 Å². The standard InChI is InChI=1S/C14H14N4O2/c1-14(2)6-9-8(4-3-5-10(9)18(19)20)12-11(14)13(15)17-7-16-12/h3-5,7H,6H2,1-2H3,(H2,15,16,17). The first-order valence-corrected chi connectivity index (χ1v) is 6.29. The molecule has 2 aromatic rings. The fourth-order valence-corrected chi connectivity index (χ4v) is 2.95. The van der Waals surface area contributed by atoms with Gasteiger partial charge in [-0.05, 0) is 11.8 Å². The van der Waals surface area contributed by atoms with Gasteiger partial charge < -0.3 is 5.73 Å². The van der Waals surface area contributed by atoms with E-state index in [2.05, 4.69) is 9.97 Å². The van der Waals surface area contributed by atoms with Gasteiger partial charge in [-0.25, -0.2) is 9.97 Å². The van der Waals surface area contributed by atoms with Gasteiger partial charge >= 0.3 is 0 Å². The molecule has 6 heteroatoms. The minimum atomic E-state index is -0.343. The SMILES string of the molecule is CC1(C)Cc2c(cccc2[N+](=O)[O-])-c2ncnc(N)c21. The van der Waals surface area contributed by atoms with Crippen LogP contribution in [0.15, 0.2) is 24.5 Å². The predicted octanol–water partition coefficient (Wildman–Crippen LogP) is 2.47. The molecule has 1 aliphatic carbocycles. The van der Waals surface area contributed by atoms with Gasteiger partial charge in [-0.3, -0.25) is 10.1 Å². The summed E-state index contributed by atoms with van der Waals surface area (Å²) in [5, 5.41) is 11.2. The fourth-order valence-electron chi connectivity index (χ4n) is 2.95. The fraction of sp³-hybridized carbons (Fsp3) is 0.286. The molecular weight excluding hydrogens is 256 g/mol. The summed E-state index contributed by atoms with van der Waals surface area (Å²) in [5.74, 6) is 0.442. The second kappa shape index (κ2) is 4.00. The molecule has 0 fully saturated rings. The summed E-state index contributed by atoms with van der Waals surface area (Å²) < 4.78 is 0. The Morgan fingerprint density at radius 2 is 2.10 bits per heavy atom. The van der Waals surface area contributed by atoms with E-state index in [4.69, 9.17) is 5.73 Å². The Bertz CT molecular complexity index is 725. The lowest BCUT2D eigenvalue weighted by Crippen LogP contribution is -2.28. The molecule has 2 N–H and O–H groups in total. The third-order valence-corrected chi connectivity index (χ3v) is 3.78. The van der Waals surface area contributed by atoms with Crippen LogP contribution in [0.5, 0.6) is 0 Å². The molecule has 20 heavy (non-hydrogen) atoms. The Labute approximate surface area is 115 Å². The Morgan fingerprint density at radius 1 is 1.35 bits per heavy atom. The highest BCUT2D eigenvalue weighted by atomic mass is 16.6. The van der Waals surface area contributed by atoms with Crippen molar-refractivity contribution in [3.63, 3.8) is 0 Å². The van der Waals surface area contributed by atoms with Gasteiger partial charge in [0.2, 0.25) is 0 Å². The first-order chi connectivity index (χ1) is 9.42. The molecule has 1 heterocycles. The second-order valence-electron chi connectivity index (χ2n) is 5.60. The molecule has 0 bridgehead atoms. The molecule has 0 saturated carbocycles. The van der Waals surface area contributed by atoms with Gasteiger partial charge in [0.15, 0.2) is 0 Å². The minimum absolute atomic E-state index is 0.137. The van der Waals surface area contributed by atoms with Gasteiger partial charge in [-0.1, -0.05) is 26.0 Å². The number of nitrogen functional groups attached to an aromatic ring is 1. The van der Waals surface area contributed by atoms with Crippen molar-refractivity contribution in [1.29, 1.82) is 0 Å².